The first kappa shape index (κ1) is 10.3. The van der Waals surface area contributed by atoms with Crippen molar-refractivity contribution >= 4 is 11.8 Å². The van der Waals surface area contributed by atoms with Crippen molar-refractivity contribution in [3.63, 3.8) is 0 Å². The molecule has 0 aliphatic rings. The molecule has 75 valence electrons. The summed E-state index contributed by atoms with van der Waals surface area (Å²) in [5, 5.41) is 0. The summed E-state index contributed by atoms with van der Waals surface area (Å²) in [6.07, 6.45) is 1.12. The molecule has 0 N–H and O–H groups in total. The lowest BCUT2D eigenvalue weighted by molar-refractivity contribution is 1.15. The zero-order chi connectivity index (χ0) is 10.3. The molecular weight excluding hydrogens is 200 g/mol. The van der Waals surface area contributed by atoms with Crippen molar-refractivity contribution < 1.29 is 0 Å². The Labute approximate surface area is 95.3 Å². The predicted octanol–water partition coefficient (Wildman–Crippen LogP) is 3.82. The van der Waals surface area contributed by atoms with Crippen LogP contribution in [0.15, 0.2) is 59.5 Å². The highest BCUT2D eigenvalue weighted by atomic mass is 32.2. The number of benzene rings is 2. The minimum atomic E-state index is 1.12. The Morgan fingerprint density at radius 2 is 1.73 bits per heavy atom. The second-order valence-electron chi connectivity index (χ2n) is 3.31. The van der Waals surface area contributed by atoms with Crippen molar-refractivity contribution in [1.82, 2.24) is 0 Å². The Bertz CT molecular complexity index is 341. The van der Waals surface area contributed by atoms with Gasteiger partial charge in [-0.15, -0.1) is 11.8 Å². The van der Waals surface area contributed by atoms with Crippen LogP contribution < -0.4 is 0 Å². The molecular formula is C14H13S. The molecule has 0 unspecified atom stereocenters. The van der Waals surface area contributed by atoms with Crippen LogP contribution in [0.25, 0.3) is 0 Å². The standard InChI is InChI=1S/C14H13S/c1-3-7-13(8-4-1)11-12-15-14-9-5-2-6-10-14/h1-9H,11-12H2. The van der Waals surface area contributed by atoms with Crippen LogP contribution in [0.3, 0.4) is 0 Å². The third-order valence-corrected chi connectivity index (χ3v) is 3.14. The van der Waals surface area contributed by atoms with E-state index in [-0.39, 0.29) is 0 Å². The van der Waals surface area contributed by atoms with Crippen LogP contribution in [0.4, 0.5) is 0 Å². The molecule has 2 aromatic carbocycles. The van der Waals surface area contributed by atoms with Crippen molar-refractivity contribution in [2.24, 2.45) is 0 Å². The maximum atomic E-state index is 3.22. The molecule has 0 nitrogen and oxygen atoms in total. The molecule has 2 rings (SSSR count). The Balaban J connectivity index is 1.81. The van der Waals surface area contributed by atoms with E-state index in [9.17, 15) is 0 Å². The van der Waals surface area contributed by atoms with Crippen molar-refractivity contribution in [1.29, 1.82) is 0 Å². The molecule has 0 bridgehead atoms. The van der Waals surface area contributed by atoms with Crippen LogP contribution in [0.1, 0.15) is 5.56 Å². The van der Waals surface area contributed by atoms with Gasteiger partial charge in [-0.2, -0.15) is 0 Å². The fraction of sp³-hybridized carbons (Fsp3) is 0.143. The highest BCUT2D eigenvalue weighted by Gasteiger charge is 1.94. The maximum Gasteiger partial charge on any atom is 0.0151 e. The van der Waals surface area contributed by atoms with E-state index in [1.54, 1.807) is 0 Å². The van der Waals surface area contributed by atoms with Crippen LogP contribution in [0.2, 0.25) is 0 Å². The average Bonchev–Trinajstić information content (AvgIpc) is 2.32. The highest BCUT2D eigenvalue weighted by Crippen LogP contribution is 2.17. The Hall–Kier alpha value is -1.21. The third-order valence-electron chi connectivity index (χ3n) is 2.17. The number of rotatable bonds is 4. The van der Waals surface area contributed by atoms with Gasteiger partial charge in [0.2, 0.25) is 0 Å². The maximum absolute atomic E-state index is 3.22. The molecule has 0 atom stereocenters. The lowest BCUT2D eigenvalue weighted by Gasteiger charge is -2.01. The van der Waals surface area contributed by atoms with Gasteiger partial charge in [0.25, 0.3) is 0 Å². The van der Waals surface area contributed by atoms with Crippen molar-refractivity contribution in [2.45, 2.75) is 11.3 Å². The van der Waals surface area contributed by atoms with E-state index >= 15 is 0 Å². The molecule has 1 heteroatoms. The summed E-state index contributed by atoms with van der Waals surface area (Å²) in [6, 6.07) is 21.9. The van der Waals surface area contributed by atoms with Crippen molar-refractivity contribution in [3.8, 4) is 0 Å². The van der Waals surface area contributed by atoms with E-state index in [4.69, 9.17) is 0 Å². The average molecular weight is 213 g/mol. The van der Waals surface area contributed by atoms with Gasteiger partial charge in [0.05, 0.1) is 0 Å². The van der Waals surface area contributed by atoms with Crippen LogP contribution in [-0.4, -0.2) is 5.75 Å². The zero-order valence-corrected chi connectivity index (χ0v) is 9.34. The normalized spacial score (nSPS) is 10.1. The minimum absolute atomic E-state index is 1.12. The number of hydrogen-bond donors (Lipinski definition) is 0. The van der Waals surface area contributed by atoms with Crippen LogP contribution in [0.5, 0.6) is 0 Å². The smallest absolute Gasteiger partial charge is 0.0151 e. The Morgan fingerprint density at radius 3 is 2.47 bits per heavy atom. The molecule has 0 aliphatic heterocycles. The van der Waals surface area contributed by atoms with E-state index in [0.717, 1.165) is 12.2 Å². The summed E-state index contributed by atoms with van der Waals surface area (Å²) in [7, 11) is 0. The quantitative estimate of drug-likeness (QED) is 0.696. The highest BCUT2D eigenvalue weighted by molar-refractivity contribution is 7.99. The van der Waals surface area contributed by atoms with Gasteiger partial charge in [-0.25, -0.2) is 0 Å². The topological polar surface area (TPSA) is 0 Å². The summed E-state index contributed by atoms with van der Waals surface area (Å²) in [5.41, 5.74) is 1.40. The fourth-order valence-electron chi connectivity index (χ4n) is 1.39. The SMILES string of the molecule is [c]1ccccc1SCCc1ccccc1. The predicted molar refractivity (Wildman–Crippen MR) is 66.1 cm³/mol. The van der Waals surface area contributed by atoms with Gasteiger partial charge < -0.3 is 0 Å². The summed E-state index contributed by atoms with van der Waals surface area (Å²) in [5.74, 6) is 1.12. The van der Waals surface area contributed by atoms with Gasteiger partial charge in [0, 0.05) is 10.6 Å². The van der Waals surface area contributed by atoms with Gasteiger partial charge in [0.15, 0.2) is 0 Å². The summed E-state index contributed by atoms with van der Waals surface area (Å²) < 4.78 is 0. The second-order valence-corrected chi connectivity index (χ2v) is 4.45. The molecule has 0 saturated carbocycles. The van der Waals surface area contributed by atoms with E-state index in [1.165, 1.54) is 10.5 Å². The van der Waals surface area contributed by atoms with E-state index in [0.29, 0.717) is 0 Å². The molecule has 2 aromatic rings. The van der Waals surface area contributed by atoms with Gasteiger partial charge in [0.1, 0.15) is 0 Å². The Kier molecular flexibility index (Phi) is 3.86. The second kappa shape index (κ2) is 5.62. The lowest BCUT2D eigenvalue weighted by Crippen LogP contribution is -1.87. The van der Waals surface area contributed by atoms with Gasteiger partial charge in [-0.1, -0.05) is 48.5 Å². The van der Waals surface area contributed by atoms with Gasteiger partial charge in [-0.05, 0) is 24.1 Å². The number of aryl methyl sites for hydroxylation is 1. The van der Waals surface area contributed by atoms with Crippen LogP contribution in [0, 0.1) is 6.07 Å². The lowest BCUT2D eigenvalue weighted by atomic mass is 10.2. The fourth-order valence-corrected chi connectivity index (χ4v) is 2.27. The summed E-state index contributed by atoms with van der Waals surface area (Å²) in [4.78, 5) is 1.23. The van der Waals surface area contributed by atoms with E-state index in [1.807, 2.05) is 23.9 Å². The third kappa shape index (κ3) is 3.45. The van der Waals surface area contributed by atoms with Crippen molar-refractivity contribution in [3.05, 3.63) is 66.2 Å². The molecule has 0 saturated heterocycles. The molecule has 0 spiro atoms. The van der Waals surface area contributed by atoms with Gasteiger partial charge in [-0.3, -0.25) is 0 Å². The summed E-state index contributed by atoms with van der Waals surface area (Å²) in [6.45, 7) is 0. The zero-order valence-electron chi connectivity index (χ0n) is 8.52. The Morgan fingerprint density at radius 1 is 0.933 bits per heavy atom. The molecule has 15 heavy (non-hydrogen) atoms. The minimum Gasteiger partial charge on any atom is -0.125 e. The molecule has 0 aromatic heterocycles. The van der Waals surface area contributed by atoms with Gasteiger partial charge >= 0.3 is 0 Å². The molecule has 0 fully saturated rings. The first-order valence-electron chi connectivity index (χ1n) is 5.08. The monoisotopic (exact) mass is 213 g/mol. The molecule has 0 amide bonds. The largest absolute Gasteiger partial charge is 0.125 e. The van der Waals surface area contributed by atoms with Crippen LogP contribution in [-0.2, 0) is 6.42 Å². The molecule has 1 radical (unpaired) electrons. The van der Waals surface area contributed by atoms with E-state index in [2.05, 4.69) is 48.5 Å². The summed E-state index contributed by atoms with van der Waals surface area (Å²) >= 11 is 1.86. The first-order valence-corrected chi connectivity index (χ1v) is 6.07. The number of hydrogen-bond acceptors (Lipinski definition) is 1. The number of thioether (sulfide) groups is 1. The van der Waals surface area contributed by atoms with E-state index < -0.39 is 0 Å². The molecule has 0 aliphatic carbocycles. The first-order chi connectivity index (χ1) is 7.45. The molecule has 0 heterocycles. The van der Waals surface area contributed by atoms with Crippen molar-refractivity contribution in [2.75, 3.05) is 5.75 Å². The van der Waals surface area contributed by atoms with Crippen LogP contribution >= 0.6 is 11.8 Å².